The summed E-state index contributed by atoms with van der Waals surface area (Å²) in [7, 11) is 0. The largest absolute Gasteiger partial charge is 0.348 e. The second-order valence-corrected chi connectivity index (χ2v) is 6.18. The minimum atomic E-state index is -0.192. The van der Waals surface area contributed by atoms with Gasteiger partial charge in [-0.1, -0.05) is 11.6 Å². The average molecular weight is 366 g/mol. The summed E-state index contributed by atoms with van der Waals surface area (Å²) in [6.45, 7) is 4.03. The number of benzene rings is 1. The van der Waals surface area contributed by atoms with Crippen molar-refractivity contribution in [2.75, 3.05) is 0 Å². The Morgan fingerprint density at radius 1 is 1.27 bits per heavy atom. The number of nitriles is 1. The first-order chi connectivity index (χ1) is 12.5. The number of aromatic nitrogens is 3. The highest BCUT2D eigenvalue weighted by molar-refractivity contribution is 6.31. The highest BCUT2D eigenvalue weighted by atomic mass is 35.5. The number of hydrogen-bond donors (Lipinski definition) is 1. The Bertz CT molecular complexity index is 1000. The highest BCUT2D eigenvalue weighted by Crippen LogP contribution is 2.23. The number of hydrogen-bond acceptors (Lipinski definition) is 4. The third-order valence-electron chi connectivity index (χ3n) is 4.04. The van der Waals surface area contributed by atoms with Crippen LogP contribution in [-0.4, -0.2) is 20.7 Å². The molecule has 26 heavy (non-hydrogen) atoms. The van der Waals surface area contributed by atoms with Gasteiger partial charge in [0.15, 0.2) is 0 Å². The predicted molar refractivity (Wildman–Crippen MR) is 98.2 cm³/mol. The smallest absolute Gasteiger partial charge is 0.255 e. The van der Waals surface area contributed by atoms with Crippen LogP contribution in [0.3, 0.4) is 0 Å². The van der Waals surface area contributed by atoms with Gasteiger partial charge < -0.3 is 5.32 Å². The van der Waals surface area contributed by atoms with Crippen LogP contribution < -0.4 is 5.32 Å². The summed E-state index contributed by atoms with van der Waals surface area (Å²) in [6.07, 6.45) is 3.37. The summed E-state index contributed by atoms with van der Waals surface area (Å²) in [5.74, 6) is -0.192. The van der Waals surface area contributed by atoms with Crippen molar-refractivity contribution in [2.45, 2.75) is 20.4 Å². The highest BCUT2D eigenvalue weighted by Gasteiger charge is 2.19. The molecule has 3 aromatic rings. The number of carbonyl (C=O) groups excluding carboxylic acids is 1. The van der Waals surface area contributed by atoms with Crippen molar-refractivity contribution in [1.29, 1.82) is 5.26 Å². The molecule has 0 saturated heterocycles. The van der Waals surface area contributed by atoms with E-state index in [-0.39, 0.29) is 5.91 Å². The molecule has 2 aromatic heterocycles. The van der Waals surface area contributed by atoms with Gasteiger partial charge in [0.2, 0.25) is 0 Å². The SMILES string of the molecule is Cc1nn(-c2ccc(C#N)c(Cl)c2)c(C)c1C(=O)NCc1ccncc1. The lowest BCUT2D eigenvalue weighted by Crippen LogP contribution is -2.24. The number of nitrogens with zero attached hydrogens (tertiary/aromatic N) is 4. The molecule has 0 aliphatic carbocycles. The molecule has 0 saturated carbocycles. The minimum absolute atomic E-state index is 0.192. The number of pyridine rings is 1. The van der Waals surface area contributed by atoms with E-state index in [1.807, 2.05) is 25.1 Å². The molecule has 0 aliphatic heterocycles. The molecule has 6 nitrogen and oxygen atoms in total. The second-order valence-electron chi connectivity index (χ2n) is 5.77. The van der Waals surface area contributed by atoms with Gasteiger partial charge in [-0.05, 0) is 49.7 Å². The topological polar surface area (TPSA) is 83.6 Å². The maximum atomic E-state index is 12.6. The van der Waals surface area contributed by atoms with Crippen molar-refractivity contribution in [3.8, 4) is 11.8 Å². The van der Waals surface area contributed by atoms with Gasteiger partial charge in [0.1, 0.15) is 6.07 Å². The van der Waals surface area contributed by atoms with Gasteiger partial charge in [0.25, 0.3) is 5.91 Å². The number of rotatable bonds is 4. The molecular formula is C19H16ClN5O. The van der Waals surface area contributed by atoms with Crippen molar-refractivity contribution in [3.63, 3.8) is 0 Å². The zero-order valence-corrected chi connectivity index (χ0v) is 15.1. The number of amides is 1. The number of aryl methyl sites for hydroxylation is 1. The molecule has 3 rings (SSSR count). The molecule has 0 fully saturated rings. The monoisotopic (exact) mass is 365 g/mol. The first kappa shape index (κ1) is 17.6. The van der Waals surface area contributed by atoms with E-state index in [4.69, 9.17) is 16.9 Å². The normalized spacial score (nSPS) is 10.4. The predicted octanol–water partition coefficient (Wildman–Crippen LogP) is 3.34. The Labute approximate surface area is 156 Å². The quantitative estimate of drug-likeness (QED) is 0.768. The zero-order valence-electron chi connectivity index (χ0n) is 14.3. The van der Waals surface area contributed by atoms with E-state index in [1.54, 1.807) is 42.2 Å². The molecule has 0 unspecified atom stereocenters. The van der Waals surface area contributed by atoms with Crippen LogP contribution in [0.2, 0.25) is 5.02 Å². The Hall–Kier alpha value is -3.17. The molecule has 0 atom stereocenters. The third kappa shape index (κ3) is 3.44. The summed E-state index contributed by atoms with van der Waals surface area (Å²) < 4.78 is 1.66. The van der Waals surface area contributed by atoms with Crippen LogP contribution in [0.1, 0.15) is 32.9 Å². The van der Waals surface area contributed by atoms with Gasteiger partial charge in [-0.15, -0.1) is 0 Å². The van der Waals surface area contributed by atoms with Crippen LogP contribution in [0.4, 0.5) is 0 Å². The fraction of sp³-hybridized carbons (Fsp3) is 0.158. The van der Waals surface area contributed by atoms with Crippen LogP contribution in [0.25, 0.3) is 5.69 Å². The molecule has 0 radical (unpaired) electrons. The fourth-order valence-electron chi connectivity index (χ4n) is 2.72. The van der Waals surface area contributed by atoms with E-state index in [1.165, 1.54) is 0 Å². The molecule has 0 bridgehead atoms. The molecule has 130 valence electrons. The van der Waals surface area contributed by atoms with Crippen LogP contribution >= 0.6 is 11.6 Å². The Morgan fingerprint density at radius 2 is 2.00 bits per heavy atom. The van der Waals surface area contributed by atoms with E-state index < -0.39 is 0 Å². The van der Waals surface area contributed by atoms with Gasteiger partial charge >= 0.3 is 0 Å². The van der Waals surface area contributed by atoms with E-state index in [2.05, 4.69) is 15.4 Å². The minimum Gasteiger partial charge on any atom is -0.348 e. The van der Waals surface area contributed by atoms with Crippen LogP contribution in [0, 0.1) is 25.2 Å². The van der Waals surface area contributed by atoms with Crippen molar-refractivity contribution in [1.82, 2.24) is 20.1 Å². The molecule has 1 aromatic carbocycles. The fourth-order valence-corrected chi connectivity index (χ4v) is 2.94. The van der Waals surface area contributed by atoms with Gasteiger partial charge in [-0.25, -0.2) is 4.68 Å². The van der Waals surface area contributed by atoms with Crippen LogP contribution in [-0.2, 0) is 6.54 Å². The summed E-state index contributed by atoms with van der Waals surface area (Å²) in [5, 5.41) is 16.7. The van der Waals surface area contributed by atoms with Crippen molar-refractivity contribution in [2.24, 2.45) is 0 Å². The molecule has 0 aliphatic rings. The molecule has 2 heterocycles. The maximum Gasteiger partial charge on any atom is 0.255 e. The Balaban J connectivity index is 1.87. The van der Waals surface area contributed by atoms with E-state index in [0.29, 0.717) is 39.8 Å². The van der Waals surface area contributed by atoms with Gasteiger partial charge in [0, 0.05) is 18.9 Å². The first-order valence-corrected chi connectivity index (χ1v) is 8.32. The van der Waals surface area contributed by atoms with Crippen molar-refractivity contribution in [3.05, 3.63) is 75.8 Å². The number of halogens is 1. The second kappa shape index (κ2) is 7.38. The summed E-state index contributed by atoms with van der Waals surface area (Å²) in [4.78, 5) is 16.6. The lowest BCUT2D eigenvalue weighted by Gasteiger charge is -2.08. The summed E-state index contributed by atoms with van der Waals surface area (Å²) in [6, 6.07) is 10.8. The summed E-state index contributed by atoms with van der Waals surface area (Å²) in [5.41, 5.74) is 3.91. The van der Waals surface area contributed by atoms with Gasteiger partial charge in [0.05, 0.1) is 33.2 Å². The van der Waals surface area contributed by atoms with E-state index in [0.717, 1.165) is 5.56 Å². The number of nitrogens with one attached hydrogen (secondary N) is 1. The lowest BCUT2D eigenvalue weighted by atomic mass is 10.1. The van der Waals surface area contributed by atoms with Crippen molar-refractivity contribution >= 4 is 17.5 Å². The third-order valence-corrected chi connectivity index (χ3v) is 4.35. The first-order valence-electron chi connectivity index (χ1n) is 7.94. The maximum absolute atomic E-state index is 12.6. The van der Waals surface area contributed by atoms with Crippen LogP contribution in [0.5, 0.6) is 0 Å². The van der Waals surface area contributed by atoms with E-state index >= 15 is 0 Å². The summed E-state index contributed by atoms with van der Waals surface area (Å²) >= 11 is 6.11. The molecule has 0 spiro atoms. The van der Waals surface area contributed by atoms with Crippen LogP contribution in [0.15, 0.2) is 42.7 Å². The van der Waals surface area contributed by atoms with Gasteiger partial charge in [-0.2, -0.15) is 10.4 Å². The molecular weight excluding hydrogens is 350 g/mol. The number of carbonyl (C=O) groups is 1. The Kier molecular flexibility index (Phi) is 5.01. The zero-order chi connectivity index (χ0) is 18.7. The van der Waals surface area contributed by atoms with Gasteiger partial charge in [-0.3, -0.25) is 9.78 Å². The Morgan fingerprint density at radius 3 is 2.65 bits per heavy atom. The van der Waals surface area contributed by atoms with Crippen molar-refractivity contribution < 1.29 is 4.79 Å². The lowest BCUT2D eigenvalue weighted by molar-refractivity contribution is 0.0949. The molecule has 7 heteroatoms. The molecule has 1 N–H and O–H groups in total. The average Bonchev–Trinajstić information content (AvgIpc) is 2.95. The standard InChI is InChI=1S/C19H16ClN5O/c1-12-18(19(26)23-11-14-5-7-22-8-6-14)13(2)25(24-12)16-4-3-15(10-21)17(20)9-16/h3-9H,11H2,1-2H3,(H,23,26). The van der Waals surface area contributed by atoms with E-state index in [9.17, 15) is 4.79 Å². The molecule has 1 amide bonds.